The molecule has 2 nitrogen and oxygen atoms in total. The number of alkyl halides is 3. The molecule has 7 heteroatoms. The molecule has 88 valence electrons. The molecule has 0 heterocycles. The Balaban J connectivity index is 3.39. The van der Waals surface area contributed by atoms with E-state index in [1.807, 2.05) is 0 Å². The first kappa shape index (κ1) is 12.8. The van der Waals surface area contributed by atoms with E-state index in [1.54, 1.807) is 0 Å². The van der Waals surface area contributed by atoms with Crippen molar-refractivity contribution >= 4 is 17.6 Å². The van der Waals surface area contributed by atoms with Crippen LogP contribution in [0.3, 0.4) is 0 Å². The molecule has 0 atom stereocenters. The Bertz CT molecular complexity index is 428. The average Bonchev–Trinajstić information content (AvgIpc) is 2.14. The van der Waals surface area contributed by atoms with Crippen molar-refractivity contribution in [3.63, 3.8) is 0 Å². The lowest BCUT2D eigenvalue weighted by Gasteiger charge is -2.10. The molecule has 1 rings (SSSR count). The van der Waals surface area contributed by atoms with E-state index in [0.717, 1.165) is 7.11 Å². The predicted octanol–water partition coefficient (Wildman–Crippen LogP) is 3.28. The van der Waals surface area contributed by atoms with Gasteiger partial charge in [-0.2, -0.15) is 13.2 Å². The lowest BCUT2D eigenvalue weighted by atomic mass is 10.1. The topological polar surface area (TPSA) is 26.3 Å². The van der Waals surface area contributed by atoms with Gasteiger partial charge in [-0.25, -0.2) is 9.18 Å². The lowest BCUT2D eigenvalue weighted by Crippen LogP contribution is -2.11. The summed E-state index contributed by atoms with van der Waals surface area (Å²) in [4.78, 5) is 11.0. The number of methoxy groups -OCH3 is 1. The summed E-state index contributed by atoms with van der Waals surface area (Å²) < 4.78 is 54.0. The molecular weight excluding hydrogens is 252 g/mol. The molecule has 0 aliphatic heterocycles. The maximum atomic E-state index is 12.9. The van der Waals surface area contributed by atoms with Crippen LogP contribution in [0.15, 0.2) is 12.1 Å². The van der Waals surface area contributed by atoms with E-state index in [9.17, 15) is 22.4 Å². The van der Waals surface area contributed by atoms with Gasteiger partial charge in [0.05, 0.1) is 23.3 Å². The highest BCUT2D eigenvalue weighted by Gasteiger charge is 2.35. The van der Waals surface area contributed by atoms with Gasteiger partial charge in [-0.15, -0.1) is 0 Å². The standard InChI is InChI=1S/C9H5ClF4O2/c1-16-8(15)4-2-5(9(12,13)14)7(11)3-6(4)10/h2-3H,1H3. The van der Waals surface area contributed by atoms with E-state index in [1.165, 1.54) is 0 Å². The van der Waals surface area contributed by atoms with Crippen LogP contribution < -0.4 is 0 Å². The molecular formula is C9H5ClF4O2. The molecule has 0 aliphatic rings. The van der Waals surface area contributed by atoms with Crippen molar-refractivity contribution in [2.45, 2.75) is 6.18 Å². The number of hydrogen-bond donors (Lipinski definition) is 0. The van der Waals surface area contributed by atoms with Crippen LogP contribution >= 0.6 is 11.6 Å². The first-order valence-corrected chi connectivity index (χ1v) is 4.29. The van der Waals surface area contributed by atoms with Gasteiger partial charge >= 0.3 is 12.1 Å². The van der Waals surface area contributed by atoms with Crippen LogP contribution in [-0.4, -0.2) is 13.1 Å². The van der Waals surface area contributed by atoms with E-state index in [2.05, 4.69) is 4.74 Å². The van der Waals surface area contributed by atoms with Crippen molar-refractivity contribution in [3.05, 3.63) is 34.1 Å². The molecule has 0 saturated carbocycles. The highest BCUT2D eigenvalue weighted by Crippen LogP contribution is 2.34. The van der Waals surface area contributed by atoms with Crippen LogP contribution in [0, 0.1) is 5.82 Å². The monoisotopic (exact) mass is 256 g/mol. The molecule has 0 spiro atoms. The van der Waals surface area contributed by atoms with Gasteiger partial charge in [0.1, 0.15) is 5.82 Å². The molecule has 1 aromatic carbocycles. The Morgan fingerprint density at radius 1 is 1.38 bits per heavy atom. The third kappa shape index (κ3) is 2.44. The van der Waals surface area contributed by atoms with Gasteiger partial charge < -0.3 is 4.74 Å². The van der Waals surface area contributed by atoms with Crippen LogP contribution in [0.5, 0.6) is 0 Å². The van der Waals surface area contributed by atoms with Gasteiger partial charge in [-0.1, -0.05) is 11.6 Å². The first-order chi connectivity index (χ1) is 7.27. The van der Waals surface area contributed by atoms with E-state index in [4.69, 9.17) is 11.6 Å². The molecule has 0 bridgehead atoms. The highest BCUT2D eigenvalue weighted by molar-refractivity contribution is 6.33. The number of esters is 1. The SMILES string of the molecule is COC(=O)c1cc(C(F)(F)F)c(F)cc1Cl. The van der Waals surface area contributed by atoms with E-state index in [-0.39, 0.29) is 0 Å². The lowest BCUT2D eigenvalue weighted by molar-refractivity contribution is -0.140. The zero-order valence-electron chi connectivity index (χ0n) is 7.86. The van der Waals surface area contributed by atoms with Crippen molar-refractivity contribution in [1.29, 1.82) is 0 Å². The van der Waals surface area contributed by atoms with Gasteiger partial charge in [0.25, 0.3) is 0 Å². The van der Waals surface area contributed by atoms with Gasteiger partial charge in [0.15, 0.2) is 0 Å². The Kier molecular flexibility index (Phi) is 3.42. The normalized spacial score (nSPS) is 11.4. The summed E-state index contributed by atoms with van der Waals surface area (Å²) in [6, 6.07) is 0.750. The van der Waals surface area contributed by atoms with Crippen LogP contribution in [0.4, 0.5) is 17.6 Å². The molecule has 0 fully saturated rings. The summed E-state index contributed by atoms with van der Waals surface area (Å²) in [5.41, 5.74) is -2.09. The fourth-order valence-electron chi connectivity index (χ4n) is 1.03. The minimum absolute atomic E-state index is 0.323. The summed E-state index contributed by atoms with van der Waals surface area (Å²) >= 11 is 5.42. The van der Waals surface area contributed by atoms with Gasteiger partial charge in [0.2, 0.25) is 0 Å². The molecule has 0 amide bonds. The summed E-state index contributed by atoms with van der Waals surface area (Å²) in [7, 11) is 0.981. The molecule has 0 aromatic heterocycles. The number of halogens is 5. The fourth-order valence-corrected chi connectivity index (χ4v) is 1.26. The van der Waals surface area contributed by atoms with Gasteiger partial charge in [-0.3, -0.25) is 0 Å². The largest absolute Gasteiger partial charge is 0.465 e. The third-order valence-electron chi connectivity index (χ3n) is 1.77. The van der Waals surface area contributed by atoms with Crippen molar-refractivity contribution in [2.75, 3.05) is 7.11 Å². The van der Waals surface area contributed by atoms with Crippen molar-refractivity contribution < 1.29 is 27.1 Å². The first-order valence-electron chi connectivity index (χ1n) is 3.92. The fraction of sp³-hybridized carbons (Fsp3) is 0.222. The Morgan fingerprint density at radius 3 is 2.38 bits per heavy atom. The molecule has 0 radical (unpaired) electrons. The average molecular weight is 257 g/mol. The number of ether oxygens (including phenoxy) is 1. The zero-order chi connectivity index (χ0) is 12.5. The van der Waals surface area contributed by atoms with Crippen LogP contribution in [-0.2, 0) is 10.9 Å². The van der Waals surface area contributed by atoms with Gasteiger partial charge in [0, 0.05) is 0 Å². The molecule has 0 N–H and O–H groups in total. The zero-order valence-corrected chi connectivity index (χ0v) is 8.62. The minimum Gasteiger partial charge on any atom is -0.465 e. The number of carbonyl (C=O) groups is 1. The minimum atomic E-state index is -4.89. The van der Waals surface area contributed by atoms with Crippen LogP contribution in [0.1, 0.15) is 15.9 Å². The van der Waals surface area contributed by atoms with Crippen molar-refractivity contribution in [3.8, 4) is 0 Å². The third-order valence-corrected chi connectivity index (χ3v) is 2.08. The molecule has 0 saturated heterocycles. The summed E-state index contributed by atoms with van der Waals surface area (Å²) in [6.45, 7) is 0. The number of rotatable bonds is 1. The van der Waals surface area contributed by atoms with Crippen LogP contribution in [0.2, 0.25) is 5.02 Å². The number of hydrogen-bond acceptors (Lipinski definition) is 2. The van der Waals surface area contributed by atoms with Crippen molar-refractivity contribution in [2.24, 2.45) is 0 Å². The quantitative estimate of drug-likeness (QED) is 0.569. The van der Waals surface area contributed by atoms with Crippen molar-refractivity contribution in [1.82, 2.24) is 0 Å². The number of benzene rings is 1. The highest BCUT2D eigenvalue weighted by atomic mass is 35.5. The van der Waals surface area contributed by atoms with E-state index < -0.39 is 34.1 Å². The maximum Gasteiger partial charge on any atom is 0.419 e. The molecule has 16 heavy (non-hydrogen) atoms. The maximum absolute atomic E-state index is 12.9. The Hall–Kier alpha value is -1.30. The summed E-state index contributed by atoms with van der Waals surface area (Å²) in [5, 5.41) is -0.433. The Morgan fingerprint density at radius 2 is 1.94 bits per heavy atom. The summed E-state index contributed by atoms with van der Waals surface area (Å²) in [5.74, 6) is -2.60. The predicted molar refractivity (Wildman–Crippen MR) is 47.8 cm³/mol. The van der Waals surface area contributed by atoms with E-state index >= 15 is 0 Å². The van der Waals surface area contributed by atoms with E-state index in [0.29, 0.717) is 12.1 Å². The molecule has 0 unspecified atom stereocenters. The second-order valence-electron chi connectivity index (χ2n) is 2.80. The van der Waals surface area contributed by atoms with Crippen LogP contribution in [0.25, 0.3) is 0 Å². The molecule has 0 aliphatic carbocycles. The second kappa shape index (κ2) is 4.29. The second-order valence-corrected chi connectivity index (χ2v) is 3.21. The number of carbonyl (C=O) groups excluding carboxylic acids is 1. The smallest absolute Gasteiger partial charge is 0.419 e. The molecule has 1 aromatic rings. The van der Waals surface area contributed by atoms with Gasteiger partial charge in [-0.05, 0) is 12.1 Å². The summed E-state index contributed by atoms with van der Waals surface area (Å²) in [6.07, 6.45) is -4.89. The Labute approximate surface area is 92.8 Å².